The second-order valence-electron chi connectivity index (χ2n) is 5.94. The van der Waals surface area contributed by atoms with Gasteiger partial charge in [-0.1, -0.05) is 48.0 Å². The standard InChI is InChI=1S/C21H18ClNO4/c1-2-27-19(26)11-10-17(24)21-18(25)12-13-6-5-8-15(20(13)23-21)14-7-3-4-9-16(14)22/h3-9,12,25H,2,10-11H2,1H3. The van der Waals surface area contributed by atoms with Gasteiger partial charge >= 0.3 is 5.97 Å². The van der Waals surface area contributed by atoms with Crippen LogP contribution in [0, 0.1) is 0 Å². The average Bonchev–Trinajstić information content (AvgIpc) is 2.66. The number of halogens is 1. The lowest BCUT2D eigenvalue weighted by Crippen LogP contribution is -2.09. The molecule has 0 aliphatic heterocycles. The molecular formula is C21H18ClNO4. The van der Waals surface area contributed by atoms with E-state index in [1.165, 1.54) is 6.07 Å². The normalized spacial score (nSPS) is 10.7. The Balaban J connectivity index is 2.02. The number of pyridine rings is 1. The van der Waals surface area contributed by atoms with Crippen LogP contribution < -0.4 is 0 Å². The maximum Gasteiger partial charge on any atom is 0.306 e. The molecule has 6 heteroatoms. The van der Waals surface area contributed by atoms with E-state index in [1.807, 2.05) is 30.3 Å². The van der Waals surface area contributed by atoms with Crippen LogP contribution >= 0.6 is 11.6 Å². The van der Waals surface area contributed by atoms with E-state index < -0.39 is 11.8 Å². The third kappa shape index (κ3) is 4.09. The van der Waals surface area contributed by atoms with Crippen molar-refractivity contribution in [2.24, 2.45) is 0 Å². The fourth-order valence-corrected chi connectivity index (χ4v) is 3.09. The van der Waals surface area contributed by atoms with Crippen LogP contribution in [0.2, 0.25) is 5.02 Å². The molecule has 2 aromatic carbocycles. The number of ketones is 1. The molecule has 0 bridgehead atoms. The molecule has 0 aliphatic carbocycles. The van der Waals surface area contributed by atoms with E-state index in [0.29, 0.717) is 15.9 Å². The van der Waals surface area contributed by atoms with Gasteiger partial charge in [0.05, 0.1) is 18.5 Å². The molecule has 138 valence electrons. The van der Waals surface area contributed by atoms with Crippen molar-refractivity contribution in [3.8, 4) is 16.9 Å². The average molecular weight is 384 g/mol. The minimum absolute atomic E-state index is 0.0575. The Bertz CT molecular complexity index is 1020. The van der Waals surface area contributed by atoms with Gasteiger partial charge in [0.25, 0.3) is 0 Å². The lowest BCUT2D eigenvalue weighted by molar-refractivity contribution is -0.143. The smallest absolute Gasteiger partial charge is 0.306 e. The molecule has 0 spiro atoms. The van der Waals surface area contributed by atoms with E-state index in [9.17, 15) is 14.7 Å². The van der Waals surface area contributed by atoms with Gasteiger partial charge in [-0.3, -0.25) is 9.59 Å². The number of esters is 1. The second kappa shape index (κ2) is 8.18. The van der Waals surface area contributed by atoms with Gasteiger partial charge < -0.3 is 9.84 Å². The fourth-order valence-electron chi connectivity index (χ4n) is 2.86. The molecule has 1 heterocycles. The highest BCUT2D eigenvalue weighted by atomic mass is 35.5. The molecule has 0 amide bonds. The summed E-state index contributed by atoms with van der Waals surface area (Å²) in [5, 5.41) is 11.5. The monoisotopic (exact) mass is 383 g/mol. The topological polar surface area (TPSA) is 76.5 Å². The van der Waals surface area contributed by atoms with Gasteiger partial charge in [-0.15, -0.1) is 0 Å². The minimum atomic E-state index is -0.456. The van der Waals surface area contributed by atoms with E-state index >= 15 is 0 Å². The fraction of sp³-hybridized carbons (Fsp3) is 0.190. The zero-order valence-electron chi connectivity index (χ0n) is 14.7. The van der Waals surface area contributed by atoms with Gasteiger partial charge in [-0.2, -0.15) is 0 Å². The first kappa shape index (κ1) is 18.9. The molecule has 1 aromatic heterocycles. The minimum Gasteiger partial charge on any atom is -0.506 e. The van der Waals surface area contributed by atoms with Gasteiger partial charge in [0.2, 0.25) is 0 Å². The number of aromatic nitrogens is 1. The van der Waals surface area contributed by atoms with E-state index in [1.54, 1.807) is 19.1 Å². The Hall–Kier alpha value is -2.92. The molecule has 3 aromatic rings. The van der Waals surface area contributed by atoms with Crippen LogP contribution in [0.15, 0.2) is 48.5 Å². The first-order valence-electron chi connectivity index (χ1n) is 8.57. The lowest BCUT2D eigenvalue weighted by atomic mass is 10.0. The van der Waals surface area contributed by atoms with Crippen LogP contribution in [-0.4, -0.2) is 28.4 Å². The molecule has 0 radical (unpaired) electrons. The maximum absolute atomic E-state index is 12.5. The number of carbonyl (C=O) groups excluding carboxylic acids is 2. The van der Waals surface area contributed by atoms with Crippen LogP contribution in [0.5, 0.6) is 5.75 Å². The number of nitrogens with zero attached hydrogens (tertiary/aromatic N) is 1. The first-order valence-corrected chi connectivity index (χ1v) is 8.95. The first-order chi connectivity index (χ1) is 13.0. The number of hydrogen-bond donors (Lipinski definition) is 1. The molecule has 3 rings (SSSR count). The summed E-state index contributed by atoms with van der Waals surface area (Å²) in [7, 11) is 0. The van der Waals surface area contributed by atoms with Crippen molar-refractivity contribution in [1.29, 1.82) is 0 Å². The third-order valence-electron chi connectivity index (χ3n) is 4.12. The number of carbonyl (C=O) groups is 2. The molecule has 0 aliphatic rings. The largest absolute Gasteiger partial charge is 0.506 e. The summed E-state index contributed by atoms with van der Waals surface area (Å²) in [6.45, 7) is 1.96. The van der Waals surface area contributed by atoms with Crippen molar-refractivity contribution in [3.63, 3.8) is 0 Å². The van der Waals surface area contributed by atoms with E-state index in [-0.39, 0.29) is 30.9 Å². The summed E-state index contributed by atoms with van der Waals surface area (Å²) in [4.78, 5) is 28.4. The maximum atomic E-state index is 12.5. The molecule has 0 saturated carbocycles. The number of para-hydroxylation sites is 1. The molecule has 0 atom stereocenters. The van der Waals surface area contributed by atoms with E-state index in [0.717, 1.165) is 11.1 Å². The van der Waals surface area contributed by atoms with E-state index in [2.05, 4.69) is 4.98 Å². The number of benzene rings is 2. The third-order valence-corrected chi connectivity index (χ3v) is 4.44. The number of ether oxygens (including phenoxy) is 1. The molecule has 0 unspecified atom stereocenters. The second-order valence-corrected chi connectivity index (χ2v) is 6.35. The quantitative estimate of drug-likeness (QED) is 0.489. The number of aromatic hydroxyl groups is 1. The van der Waals surface area contributed by atoms with Crippen molar-refractivity contribution in [1.82, 2.24) is 4.98 Å². The van der Waals surface area contributed by atoms with Crippen LogP contribution in [0.25, 0.3) is 22.0 Å². The highest BCUT2D eigenvalue weighted by Crippen LogP contribution is 2.34. The summed E-state index contributed by atoms with van der Waals surface area (Å²) in [5.74, 6) is -1.09. The molecule has 0 fully saturated rings. The highest BCUT2D eigenvalue weighted by Gasteiger charge is 2.18. The summed E-state index contributed by atoms with van der Waals surface area (Å²) >= 11 is 6.31. The Morgan fingerprint density at radius 2 is 1.81 bits per heavy atom. The zero-order chi connectivity index (χ0) is 19.4. The molecular weight excluding hydrogens is 366 g/mol. The van der Waals surface area contributed by atoms with Gasteiger partial charge in [-0.05, 0) is 19.1 Å². The van der Waals surface area contributed by atoms with Crippen molar-refractivity contribution >= 4 is 34.3 Å². The number of fused-ring (bicyclic) bond motifs is 1. The predicted molar refractivity (Wildman–Crippen MR) is 104 cm³/mol. The van der Waals surface area contributed by atoms with Gasteiger partial charge in [0, 0.05) is 28.0 Å². The Morgan fingerprint density at radius 1 is 1.07 bits per heavy atom. The van der Waals surface area contributed by atoms with Crippen molar-refractivity contribution < 1.29 is 19.4 Å². The SMILES string of the molecule is CCOC(=O)CCC(=O)c1nc2c(-c3ccccc3Cl)cccc2cc1O. The summed E-state index contributed by atoms with van der Waals surface area (Å²) < 4.78 is 4.83. The van der Waals surface area contributed by atoms with Crippen LogP contribution in [0.3, 0.4) is 0 Å². The predicted octanol–water partition coefficient (Wildman–Crippen LogP) is 4.79. The lowest BCUT2D eigenvalue weighted by Gasteiger charge is -2.10. The molecule has 27 heavy (non-hydrogen) atoms. The van der Waals surface area contributed by atoms with Crippen LogP contribution in [-0.2, 0) is 9.53 Å². The molecule has 5 nitrogen and oxygen atoms in total. The molecule has 0 saturated heterocycles. The Kier molecular flexibility index (Phi) is 5.72. The van der Waals surface area contributed by atoms with Crippen LogP contribution in [0.4, 0.5) is 0 Å². The zero-order valence-corrected chi connectivity index (χ0v) is 15.5. The van der Waals surface area contributed by atoms with Crippen molar-refractivity contribution in [3.05, 3.63) is 59.2 Å². The van der Waals surface area contributed by atoms with E-state index in [4.69, 9.17) is 16.3 Å². The summed E-state index contributed by atoms with van der Waals surface area (Å²) in [6.07, 6.45) is -0.142. The highest BCUT2D eigenvalue weighted by molar-refractivity contribution is 6.33. The van der Waals surface area contributed by atoms with Gasteiger partial charge in [-0.25, -0.2) is 4.98 Å². The van der Waals surface area contributed by atoms with Crippen molar-refractivity contribution in [2.45, 2.75) is 19.8 Å². The number of rotatable bonds is 6. The summed E-state index contributed by atoms with van der Waals surface area (Å²) in [6, 6.07) is 14.3. The van der Waals surface area contributed by atoms with Gasteiger partial charge in [0.1, 0.15) is 11.4 Å². The molecule has 1 N–H and O–H groups in total. The summed E-state index contributed by atoms with van der Waals surface area (Å²) in [5.41, 5.74) is 2.04. The number of hydrogen-bond acceptors (Lipinski definition) is 5. The number of Topliss-reactive ketones (excluding diaryl/α,β-unsaturated/α-hetero) is 1. The van der Waals surface area contributed by atoms with Crippen LogP contribution in [0.1, 0.15) is 30.3 Å². The van der Waals surface area contributed by atoms with Crippen molar-refractivity contribution in [2.75, 3.05) is 6.61 Å². The Morgan fingerprint density at radius 3 is 2.56 bits per heavy atom. The Labute approximate surface area is 161 Å². The van der Waals surface area contributed by atoms with Gasteiger partial charge in [0.15, 0.2) is 5.78 Å².